The van der Waals surface area contributed by atoms with Gasteiger partial charge in [-0.3, -0.25) is 9.59 Å². The molecular weight excluding hydrogens is 349 g/mol. The van der Waals surface area contributed by atoms with Crippen LogP contribution in [0.1, 0.15) is 24.0 Å². The zero-order valence-corrected chi connectivity index (χ0v) is 14.3. The van der Waals surface area contributed by atoms with Gasteiger partial charge in [0.15, 0.2) is 0 Å². The maximum absolute atomic E-state index is 12.6. The summed E-state index contributed by atoms with van der Waals surface area (Å²) in [6.45, 7) is 2.34. The maximum Gasteiger partial charge on any atom is 0.471 e. The van der Waals surface area contributed by atoms with Gasteiger partial charge in [-0.2, -0.15) is 13.2 Å². The van der Waals surface area contributed by atoms with E-state index in [0.717, 1.165) is 42.1 Å². The molecule has 0 spiro atoms. The van der Waals surface area contributed by atoms with E-state index in [0.29, 0.717) is 24.9 Å². The van der Waals surface area contributed by atoms with Crippen LogP contribution in [0.15, 0.2) is 18.2 Å². The number of carboxylic acids is 1. The molecule has 1 amide bonds. The molecule has 0 saturated carbocycles. The van der Waals surface area contributed by atoms with Crippen molar-refractivity contribution in [3.05, 3.63) is 29.3 Å². The van der Waals surface area contributed by atoms with Crippen molar-refractivity contribution in [2.24, 2.45) is 5.92 Å². The Bertz CT molecular complexity index is 697. The summed E-state index contributed by atoms with van der Waals surface area (Å²) in [4.78, 5) is 25.5. The molecule has 5 nitrogen and oxygen atoms in total. The molecule has 2 aliphatic rings. The van der Waals surface area contributed by atoms with Gasteiger partial charge in [-0.1, -0.05) is 12.1 Å². The molecule has 2 heterocycles. The highest BCUT2D eigenvalue weighted by atomic mass is 19.4. The quantitative estimate of drug-likeness (QED) is 0.885. The number of halogens is 3. The van der Waals surface area contributed by atoms with Gasteiger partial charge in [0.25, 0.3) is 0 Å². The van der Waals surface area contributed by atoms with Crippen LogP contribution in [-0.2, 0) is 22.4 Å². The van der Waals surface area contributed by atoms with Gasteiger partial charge in [-0.05, 0) is 56.0 Å². The molecule has 142 valence electrons. The molecule has 1 aromatic carbocycles. The van der Waals surface area contributed by atoms with Crippen LogP contribution < -0.4 is 4.90 Å². The van der Waals surface area contributed by atoms with Gasteiger partial charge in [0.1, 0.15) is 0 Å². The molecule has 26 heavy (non-hydrogen) atoms. The van der Waals surface area contributed by atoms with Gasteiger partial charge >= 0.3 is 18.1 Å². The lowest BCUT2D eigenvalue weighted by molar-refractivity contribution is -0.170. The third-order valence-electron chi connectivity index (χ3n) is 5.18. The fourth-order valence-corrected chi connectivity index (χ4v) is 3.67. The number of anilines is 1. The second kappa shape index (κ2) is 7.26. The minimum absolute atomic E-state index is 0.0554. The summed E-state index contributed by atoms with van der Waals surface area (Å²) in [6, 6.07) is 5.24. The highest BCUT2D eigenvalue weighted by Gasteiger charge is 2.44. The summed E-state index contributed by atoms with van der Waals surface area (Å²) in [7, 11) is 0. The van der Waals surface area contributed by atoms with Crippen LogP contribution in [0.25, 0.3) is 0 Å². The van der Waals surface area contributed by atoms with Crippen LogP contribution in [0, 0.1) is 5.92 Å². The molecule has 0 atom stereocenters. The van der Waals surface area contributed by atoms with E-state index in [1.807, 2.05) is 6.07 Å². The first-order valence-electron chi connectivity index (χ1n) is 8.71. The zero-order valence-electron chi connectivity index (χ0n) is 14.3. The van der Waals surface area contributed by atoms with Crippen molar-refractivity contribution >= 4 is 17.6 Å². The van der Waals surface area contributed by atoms with Gasteiger partial charge < -0.3 is 14.9 Å². The summed E-state index contributed by atoms with van der Waals surface area (Å²) >= 11 is 0. The Morgan fingerprint density at radius 2 is 1.85 bits per heavy atom. The summed E-state index contributed by atoms with van der Waals surface area (Å²) < 4.78 is 37.9. The topological polar surface area (TPSA) is 60.9 Å². The van der Waals surface area contributed by atoms with E-state index < -0.39 is 18.1 Å². The van der Waals surface area contributed by atoms with Gasteiger partial charge in [-0.25, -0.2) is 0 Å². The average molecular weight is 370 g/mol. The summed E-state index contributed by atoms with van der Waals surface area (Å²) in [6.07, 6.45) is -2.39. The average Bonchev–Trinajstić information content (AvgIpc) is 3.01. The number of fused-ring (bicyclic) bond motifs is 1. The second-order valence-electron chi connectivity index (χ2n) is 6.87. The number of nitrogens with zero attached hydrogens (tertiary/aromatic N) is 2. The molecule has 0 aromatic heterocycles. The summed E-state index contributed by atoms with van der Waals surface area (Å²) in [5.41, 5.74) is 2.13. The molecule has 2 aliphatic heterocycles. The number of hydrogen-bond acceptors (Lipinski definition) is 3. The van der Waals surface area contributed by atoms with Gasteiger partial charge in [-0.15, -0.1) is 0 Å². The Labute approximate surface area is 149 Å². The minimum Gasteiger partial charge on any atom is -0.481 e. The Hall–Kier alpha value is -2.09. The highest BCUT2D eigenvalue weighted by Crippen LogP contribution is 2.32. The molecular formula is C18H21F3N2O3. The van der Waals surface area contributed by atoms with Crippen molar-refractivity contribution in [2.45, 2.75) is 31.9 Å². The fraction of sp³-hybridized carbons (Fsp3) is 0.556. The normalized spacial score (nSPS) is 18.8. The number of rotatable bonds is 4. The van der Waals surface area contributed by atoms with Crippen molar-refractivity contribution in [3.8, 4) is 0 Å². The number of alkyl halides is 3. The molecule has 8 heteroatoms. The van der Waals surface area contributed by atoms with E-state index >= 15 is 0 Å². The van der Waals surface area contributed by atoms with E-state index in [9.17, 15) is 22.8 Å². The van der Waals surface area contributed by atoms with E-state index in [2.05, 4.69) is 4.90 Å². The number of amides is 1. The van der Waals surface area contributed by atoms with Crippen LogP contribution in [-0.4, -0.2) is 54.2 Å². The molecule has 0 aliphatic carbocycles. The molecule has 0 unspecified atom stereocenters. The van der Waals surface area contributed by atoms with E-state index in [4.69, 9.17) is 5.11 Å². The third-order valence-corrected chi connectivity index (χ3v) is 5.18. The lowest BCUT2D eigenvalue weighted by Gasteiger charge is -2.30. The minimum atomic E-state index is -4.86. The number of hydrogen-bond donors (Lipinski definition) is 1. The number of likely N-dealkylation sites (tertiary alicyclic amines) is 1. The Morgan fingerprint density at radius 3 is 2.46 bits per heavy atom. The highest BCUT2D eigenvalue weighted by molar-refractivity contribution is 5.99. The lowest BCUT2D eigenvalue weighted by Crippen LogP contribution is -2.40. The van der Waals surface area contributed by atoms with E-state index in [-0.39, 0.29) is 12.5 Å². The first kappa shape index (κ1) is 18.7. The SMILES string of the molecule is O=C(O)C1CCN(CCc2ccc3c(c2)CCN3C(=O)C(F)(F)F)CC1. The van der Waals surface area contributed by atoms with Crippen LogP contribution in [0.3, 0.4) is 0 Å². The molecule has 1 saturated heterocycles. The summed E-state index contributed by atoms with van der Waals surface area (Å²) in [5, 5.41) is 9.02. The largest absolute Gasteiger partial charge is 0.481 e. The lowest BCUT2D eigenvalue weighted by atomic mass is 9.96. The van der Waals surface area contributed by atoms with E-state index in [1.54, 1.807) is 12.1 Å². The Morgan fingerprint density at radius 1 is 1.15 bits per heavy atom. The molecule has 0 radical (unpaired) electrons. The van der Waals surface area contributed by atoms with Gasteiger partial charge in [0.05, 0.1) is 5.92 Å². The molecule has 1 aromatic rings. The van der Waals surface area contributed by atoms with Crippen LogP contribution in [0.4, 0.5) is 18.9 Å². The number of piperidine rings is 1. The molecule has 3 rings (SSSR count). The zero-order chi connectivity index (χ0) is 18.9. The van der Waals surface area contributed by atoms with Crippen molar-refractivity contribution < 1.29 is 27.9 Å². The second-order valence-corrected chi connectivity index (χ2v) is 6.87. The van der Waals surface area contributed by atoms with Crippen LogP contribution in [0.5, 0.6) is 0 Å². The van der Waals surface area contributed by atoms with E-state index in [1.165, 1.54) is 0 Å². The van der Waals surface area contributed by atoms with Crippen molar-refractivity contribution in [2.75, 3.05) is 31.1 Å². The van der Waals surface area contributed by atoms with Crippen molar-refractivity contribution in [3.63, 3.8) is 0 Å². The van der Waals surface area contributed by atoms with Crippen LogP contribution in [0.2, 0.25) is 0 Å². The first-order chi connectivity index (χ1) is 12.3. The first-order valence-corrected chi connectivity index (χ1v) is 8.71. The molecule has 1 fully saturated rings. The molecule has 0 bridgehead atoms. The number of carbonyl (C=O) groups excluding carboxylic acids is 1. The van der Waals surface area contributed by atoms with Gasteiger partial charge in [0, 0.05) is 18.8 Å². The predicted octanol–water partition coefficient (Wildman–Crippen LogP) is 2.48. The monoisotopic (exact) mass is 370 g/mol. The smallest absolute Gasteiger partial charge is 0.471 e. The number of carbonyl (C=O) groups is 2. The van der Waals surface area contributed by atoms with Crippen molar-refractivity contribution in [1.82, 2.24) is 4.90 Å². The number of aliphatic carboxylic acids is 1. The Balaban J connectivity index is 1.57. The number of carboxylic acid groups (broad SMARTS) is 1. The van der Waals surface area contributed by atoms with Gasteiger partial charge in [0.2, 0.25) is 0 Å². The van der Waals surface area contributed by atoms with Crippen LogP contribution >= 0.6 is 0 Å². The van der Waals surface area contributed by atoms with Crippen molar-refractivity contribution in [1.29, 1.82) is 0 Å². The summed E-state index contributed by atoms with van der Waals surface area (Å²) in [5.74, 6) is -2.81. The molecule has 1 N–H and O–H groups in total. The predicted molar refractivity (Wildman–Crippen MR) is 89.1 cm³/mol. The maximum atomic E-state index is 12.6. The standard InChI is InChI=1S/C18H21F3N2O3/c19-18(20,21)17(26)23-10-6-14-11-12(1-2-15(14)23)3-7-22-8-4-13(5-9-22)16(24)25/h1-2,11,13H,3-10H2,(H,24,25). The third kappa shape index (κ3) is 4.00. The Kier molecular flexibility index (Phi) is 5.22. The fourth-order valence-electron chi connectivity index (χ4n) is 3.67. The number of benzene rings is 1.